The third-order valence-corrected chi connectivity index (χ3v) is 2.96. The number of nitrogens with one attached hydrogen (secondary N) is 1. The summed E-state index contributed by atoms with van der Waals surface area (Å²) in [4.78, 5) is 10.5. The van der Waals surface area contributed by atoms with Crippen molar-refractivity contribution >= 4 is 11.6 Å². The predicted molar refractivity (Wildman–Crippen MR) is 79.6 cm³/mol. The van der Waals surface area contributed by atoms with E-state index in [4.69, 9.17) is 5.11 Å². The Morgan fingerprint density at radius 2 is 2.11 bits per heavy atom. The van der Waals surface area contributed by atoms with Crippen molar-refractivity contribution in [3.05, 3.63) is 12.4 Å². The van der Waals surface area contributed by atoms with Gasteiger partial charge in [0.1, 0.15) is 18.0 Å². The number of aliphatic hydroxyl groups excluding tert-OH is 1. The Hall–Kier alpha value is -1.36. The molecule has 0 saturated heterocycles. The Morgan fingerprint density at radius 1 is 1.32 bits per heavy atom. The first kappa shape index (κ1) is 15.7. The SMILES string of the molecule is CC(C)CCCNc1cc(N(C)CCCO)ncn1. The number of rotatable bonds is 9. The van der Waals surface area contributed by atoms with Gasteiger partial charge in [0, 0.05) is 32.8 Å². The Kier molecular flexibility index (Phi) is 7.18. The average Bonchev–Trinajstić information content (AvgIpc) is 2.41. The van der Waals surface area contributed by atoms with Crippen LogP contribution < -0.4 is 10.2 Å². The molecule has 1 heterocycles. The van der Waals surface area contributed by atoms with Gasteiger partial charge in [-0.3, -0.25) is 0 Å². The van der Waals surface area contributed by atoms with Gasteiger partial charge in [0.15, 0.2) is 0 Å². The number of hydrogen-bond acceptors (Lipinski definition) is 5. The van der Waals surface area contributed by atoms with E-state index in [1.165, 1.54) is 6.42 Å². The molecule has 5 nitrogen and oxygen atoms in total. The summed E-state index contributed by atoms with van der Waals surface area (Å²) in [6.07, 6.45) is 4.70. The van der Waals surface area contributed by atoms with E-state index in [1.807, 2.05) is 18.0 Å². The van der Waals surface area contributed by atoms with Gasteiger partial charge in [0.25, 0.3) is 0 Å². The third-order valence-electron chi connectivity index (χ3n) is 2.96. The van der Waals surface area contributed by atoms with E-state index < -0.39 is 0 Å². The molecule has 1 rings (SSSR count). The normalized spacial score (nSPS) is 10.8. The monoisotopic (exact) mass is 266 g/mol. The maximum Gasteiger partial charge on any atom is 0.133 e. The van der Waals surface area contributed by atoms with E-state index in [9.17, 15) is 0 Å². The molecule has 0 unspecified atom stereocenters. The molecule has 0 aliphatic carbocycles. The molecule has 0 aliphatic heterocycles. The van der Waals surface area contributed by atoms with Gasteiger partial charge in [-0.05, 0) is 25.2 Å². The van der Waals surface area contributed by atoms with Gasteiger partial charge in [0.2, 0.25) is 0 Å². The van der Waals surface area contributed by atoms with E-state index in [-0.39, 0.29) is 6.61 Å². The minimum Gasteiger partial charge on any atom is -0.396 e. The smallest absolute Gasteiger partial charge is 0.133 e. The first-order valence-corrected chi connectivity index (χ1v) is 7.01. The molecular weight excluding hydrogens is 240 g/mol. The average molecular weight is 266 g/mol. The van der Waals surface area contributed by atoms with E-state index in [1.54, 1.807) is 6.33 Å². The highest BCUT2D eigenvalue weighted by atomic mass is 16.3. The van der Waals surface area contributed by atoms with Crippen molar-refractivity contribution in [1.29, 1.82) is 0 Å². The highest BCUT2D eigenvalue weighted by molar-refractivity contribution is 5.47. The number of nitrogens with zero attached hydrogens (tertiary/aromatic N) is 3. The van der Waals surface area contributed by atoms with Crippen molar-refractivity contribution in [2.45, 2.75) is 33.1 Å². The summed E-state index contributed by atoms with van der Waals surface area (Å²) in [5.41, 5.74) is 0. The Bertz CT molecular complexity index is 357. The molecule has 0 atom stereocenters. The maximum absolute atomic E-state index is 8.83. The van der Waals surface area contributed by atoms with Crippen molar-refractivity contribution < 1.29 is 5.11 Å². The Balaban J connectivity index is 2.43. The van der Waals surface area contributed by atoms with Crippen LogP contribution >= 0.6 is 0 Å². The topological polar surface area (TPSA) is 61.3 Å². The molecule has 108 valence electrons. The van der Waals surface area contributed by atoms with E-state index >= 15 is 0 Å². The zero-order valence-electron chi connectivity index (χ0n) is 12.3. The van der Waals surface area contributed by atoms with Crippen molar-refractivity contribution in [3.63, 3.8) is 0 Å². The molecular formula is C14H26N4O. The lowest BCUT2D eigenvalue weighted by Crippen LogP contribution is -2.20. The molecule has 0 amide bonds. The number of aromatic nitrogens is 2. The van der Waals surface area contributed by atoms with Crippen LogP contribution in [0.1, 0.15) is 33.1 Å². The minimum absolute atomic E-state index is 0.204. The number of aliphatic hydroxyl groups is 1. The van der Waals surface area contributed by atoms with Crippen LogP contribution in [0, 0.1) is 5.92 Å². The van der Waals surface area contributed by atoms with Gasteiger partial charge in [0.05, 0.1) is 0 Å². The summed E-state index contributed by atoms with van der Waals surface area (Å²) in [6.45, 7) is 6.41. The molecule has 0 saturated carbocycles. The van der Waals surface area contributed by atoms with Crippen molar-refractivity contribution in [2.75, 3.05) is 37.0 Å². The fraction of sp³-hybridized carbons (Fsp3) is 0.714. The fourth-order valence-corrected chi connectivity index (χ4v) is 1.80. The van der Waals surface area contributed by atoms with E-state index in [2.05, 4.69) is 29.1 Å². The lowest BCUT2D eigenvalue weighted by Gasteiger charge is -2.18. The quantitative estimate of drug-likeness (QED) is 0.671. The zero-order chi connectivity index (χ0) is 14.1. The molecule has 0 bridgehead atoms. The summed E-state index contributed by atoms with van der Waals surface area (Å²) < 4.78 is 0. The van der Waals surface area contributed by atoms with Crippen LogP contribution in [0.4, 0.5) is 11.6 Å². The summed E-state index contributed by atoms with van der Waals surface area (Å²) >= 11 is 0. The molecule has 1 aromatic heterocycles. The van der Waals surface area contributed by atoms with Crippen molar-refractivity contribution in [2.24, 2.45) is 5.92 Å². The molecule has 5 heteroatoms. The first-order valence-electron chi connectivity index (χ1n) is 7.01. The summed E-state index contributed by atoms with van der Waals surface area (Å²) in [7, 11) is 1.97. The van der Waals surface area contributed by atoms with E-state index in [0.717, 1.165) is 43.5 Å². The van der Waals surface area contributed by atoms with Crippen LogP contribution in [-0.2, 0) is 0 Å². The second-order valence-corrected chi connectivity index (χ2v) is 5.22. The van der Waals surface area contributed by atoms with Crippen LogP contribution in [0.15, 0.2) is 12.4 Å². The van der Waals surface area contributed by atoms with Crippen LogP contribution in [0.3, 0.4) is 0 Å². The zero-order valence-corrected chi connectivity index (χ0v) is 12.3. The largest absolute Gasteiger partial charge is 0.396 e. The summed E-state index contributed by atoms with van der Waals surface area (Å²) in [5.74, 6) is 2.49. The van der Waals surface area contributed by atoms with Gasteiger partial charge in [-0.25, -0.2) is 9.97 Å². The predicted octanol–water partition coefficient (Wildman–Crippen LogP) is 2.14. The second kappa shape index (κ2) is 8.69. The highest BCUT2D eigenvalue weighted by Gasteiger charge is 2.04. The lowest BCUT2D eigenvalue weighted by molar-refractivity contribution is 0.290. The third kappa shape index (κ3) is 6.38. The van der Waals surface area contributed by atoms with Crippen molar-refractivity contribution in [3.8, 4) is 0 Å². The number of hydrogen-bond donors (Lipinski definition) is 2. The van der Waals surface area contributed by atoms with Crippen molar-refractivity contribution in [1.82, 2.24) is 9.97 Å². The van der Waals surface area contributed by atoms with Gasteiger partial charge in [-0.15, -0.1) is 0 Å². The summed E-state index contributed by atoms with van der Waals surface area (Å²) in [6, 6.07) is 1.95. The molecule has 2 N–H and O–H groups in total. The lowest BCUT2D eigenvalue weighted by atomic mass is 10.1. The number of anilines is 2. The first-order chi connectivity index (χ1) is 9.13. The van der Waals surface area contributed by atoms with Crippen LogP contribution in [0.25, 0.3) is 0 Å². The van der Waals surface area contributed by atoms with Gasteiger partial charge in [-0.1, -0.05) is 13.8 Å². The van der Waals surface area contributed by atoms with Crippen LogP contribution in [-0.4, -0.2) is 41.8 Å². The molecule has 0 radical (unpaired) electrons. The summed E-state index contributed by atoms with van der Waals surface area (Å²) in [5, 5.41) is 12.2. The Morgan fingerprint density at radius 3 is 2.79 bits per heavy atom. The van der Waals surface area contributed by atoms with Crippen LogP contribution in [0.5, 0.6) is 0 Å². The van der Waals surface area contributed by atoms with Gasteiger partial charge in [-0.2, -0.15) is 0 Å². The van der Waals surface area contributed by atoms with Crippen LogP contribution in [0.2, 0.25) is 0 Å². The molecule has 19 heavy (non-hydrogen) atoms. The van der Waals surface area contributed by atoms with E-state index in [0.29, 0.717) is 0 Å². The standard InChI is InChI=1S/C14H26N4O/c1-12(2)6-4-7-15-13-10-14(17-11-16-13)18(3)8-5-9-19/h10-12,19H,4-9H2,1-3H3,(H,15,16,17). The maximum atomic E-state index is 8.83. The Labute approximate surface area is 116 Å². The van der Waals surface area contributed by atoms with Gasteiger partial charge < -0.3 is 15.3 Å². The molecule has 0 aromatic carbocycles. The molecule has 0 fully saturated rings. The molecule has 0 aliphatic rings. The highest BCUT2D eigenvalue weighted by Crippen LogP contribution is 2.13. The second-order valence-electron chi connectivity index (χ2n) is 5.22. The fourth-order valence-electron chi connectivity index (χ4n) is 1.80. The van der Waals surface area contributed by atoms with Gasteiger partial charge >= 0.3 is 0 Å². The molecule has 1 aromatic rings. The minimum atomic E-state index is 0.204. The molecule has 0 spiro atoms.